The zero-order valence-electron chi connectivity index (χ0n) is 13.6. The van der Waals surface area contributed by atoms with Crippen LogP contribution in [-0.2, 0) is 11.0 Å². The second kappa shape index (κ2) is 7.74. The molecule has 0 atom stereocenters. The molecule has 2 aromatic rings. The third-order valence-electron chi connectivity index (χ3n) is 3.35. The number of anilines is 1. The minimum absolute atomic E-state index is 0.0909. The fraction of sp³-hybridized carbons (Fsp3) is 0.167. The summed E-state index contributed by atoms with van der Waals surface area (Å²) in [7, 11) is 2.92. The van der Waals surface area contributed by atoms with Gasteiger partial charge in [0, 0.05) is 12.1 Å². The molecule has 0 bridgehead atoms. The minimum Gasteiger partial charge on any atom is -0.497 e. The molecule has 0 spiro atoms. The molecule has 0 saturated carbocycles. The van der Waals surface area contributed by atoms with E-state index in [1.54, 1.807) is 18.2 Å². The third kappa shape index (κ3) is 4.76. The number of halogens is 3. The molecule has 132 valence electrons. The SMILES string of the molecule is COc1ccc(NC(=O)/C=C/c2ccccc2C(F)(F)F)c(OC)c1. The summed E-state index contributed by atoms with van der Waals surface area (Å²) in [5.41, 5.74) is -0.519. The Bertz CT molecular complexity index is 785. The molecule has 0 aromatic heterocycles. The predicted molar refractivity (Wildman–Crippen MR) is 88.7 cm³/mol. The molecule has 7 heteroatoms. The number of hydrogen-bond acceptors (Lipinski definition) is 3. The van der Waals surface area contributed by atoms with E-state index in [4.69, 9.17) is 9.47 Å². The van der Waals surface area contributed by atoms with Gasteiger partial charge in [-0.25, -0.2) is 0 Å². The van der Waals surface area contributed by atoms with Gasteiger partial charge in [-0.05, 0) is 29.8 Å². The number of carbonyl (C=O) groups excluding carboxylic acids is 1. The van der Waals surface area contributed by atoms with Gasteiger partial charge in [-0.2, -0.15) is 13.2 Å². The van der Waals surface area contributed by atoms with Gasteiger partial charge in [0.05, 0.1) is 25.5 Å². The smallest absolute Gasteiger partial charge is 0.416 e. The molecule has 1 N–H and O–H groups in total. The highest BCUT2D eigenvalue weighted by Gasteiger charge is 2.32. The summed E-state index contributed by atoms with van der Waals surface area (Å²) >= 11 is 0. The van der Waals surface area contributed by atoms with Crippen LogP contribution in [0, 0.1) is 0 Å². The van der Waals surface area contributed by atoms with Gasteiger partial charge >= 0.3 is 6.18 Å². The van der Waals surface area contributed by atoms with Crippen molar-refractivity contribution in [1.82, 2.24) is 0 Å². The maximum Gasteiger partial charge on any atom is 0.416 e. The van der Waals surface area contributed by atoms with E-state index in [1.807, 2.05) is 0 Å². The molecule has 0 unspecified atom stereocenters. The fourth-order valence-corrected chi connectivity index (χ4v) is 2.14. The van der Waals surface area contributed by atoms with Crippen LogP contribution in [0.25, 0.3) is 6.08 Å². The van der Waals surface area contributed by atoms with Crippen LogP contribution in [0.15, 0.2) is 48.5 Å². The monoisotopic (exact) mass is 351 g/mol. The number of carbonyl (C=O) groups is 1. The number of ether oxygens (including phenoxy) is 2. The maximum absolute atomic E-state index is 12.9. The molecule has 0 fully saturated rings. The van der Waals surface area contributed by atoms with Crippen molar-refractivity contribution in [2.45, 2.75) is 6.18 Å². The summed E-state index contributed by atoms with van der Waals surface area (Å²) in [4.78, 5) is 12.0. The highest BCUT2D eigenvalue weighted by Crippen LogP contribution is 2.32. The lowest BCUT2D eigenvalue weighted by molar-refractivity contribution is -0.137. The van der Waals surface area contributed by atoms with Gasteiger partial charge in [-0.1, -0.05) is 18.2 Å². The van der Waals surface area contributed by atoms with Crippen LogP contribution in [0.4, 0.5) is 18.9 Å². The van der Waals surface area contributed by atoms with E-state index >= 15 is 0 Å². The van der Waals surface area contributed by atoms with Gasteiger partial charge in [0.1, 0.15) is 11.5 Å². The Morgan fingerprint density at radius 1 is 1.08 bits per heavy atom. The normalized spacial score (nSPS) is 11.4. The number of nitrogens with one attached hydrogen (secondary N) is 1. The number of amides is 1. The molecule has 2 rings (SSSR count). The van der Waals surface area contributed by atoms with Gasteiger partial charge in [0.25, 0.3) is 0 Å². The van der Waals surface area contributed by atoms with Crippen molar-refractivity contribution < 1.29 is 27.4 Å². The molecule has 2 aromatic carbocycles. The van der Waals surface area contributed by atoms with Crippen LogP contribution in [0.2, 0.25) is 0 Å². The number of hydrogen-bond donors (Lipinski definition) is 1. The molecular weight excluding hydrogens is 335 g/mol. The van der Waals surface area contributed by atoms with E-state index in [-0.39, 0.29) is 5.56 Å². The van der Waals surface area contributed by atoms with E-state index in [9.17, 15) is 18.0 Å². The molecule has 0 aliphatic heterocycles. The van der Waals surface area contributed by atoms with Crippen molar-refractivity contribution in [3.63, 3.8) is 0 Å². The first-order chi connectivity index (χ1) is 11.8. The van der Waals surface area contributed by atoms with Gasteiger partial charge in [0.2, 0.25) is 5.91 Å². The lowest BCUT2D eigenvalue weighted by Gasteiger charge is -2.11. The molecule has 25 heavy (non-hydrogen) atoms. The molecule has 0 aliphatic rings. The summed E-state index contributed by atoms with van der Waals surface area (Å²) in [6.07, 6.45) is -2.33. The van der Waals surface area contributed by atoms with Crippen LogP contribution in [0.5, 0.6) is 11.5 Å². The first-order valence-electron chi connectivity index (χ1n) is 7.22. The molecule has 0 aliphatic carbocycles. The average molecular weight is 351 g/mol. The molecule has 1 amide bonds. The van der Waals surface area contributed by atoms with Crippen molar-refractivity contribution >= 4 is 17.7 Å². The van der Waals surface area contributed by atoms with Crippen LogP contribution in [0.1, 0.15) is 11.1 Å². The molecule has 4 nitrogen and oxygen atoms in total. The Morgan fingerprint density at radius 2 is 1.80 bits per heavy atom. The summed E-state index contributed by atoms with van der Waals surface area (Å²) < 4.78 is 49.0. The molecule has 0 heterocycles. The second-order valence-corrected chi connectivity index (χ2v) is 4.97. The van der Waals surface area contributed by atoms with E-state index in [2.05, 4.69) is 5.32 Å². The molecule has 0 radical (unpaired) electrons. The van der Waals surface area contributed by atoms with Crippen LogP contribution < -0.4 is 14.8 Å². The highest BCUT2D eigenvalue weighted by atomic mass is 19.4. The summed E-state index contributed by atoms with van der Waals surface area (Å²) in [5, 5.41) is 2.55. The van der Waals surface area contributed by atoms with Gasteiger partial charge < -0.3 is 14.8 Å². The van der Waals surface area contributed by atoms with Crippen molar-refractivity contribution in [2.24, 2.45) is 0 Å². The Kier molecular flexibility index (Phi) is 5.69. The van der Waals surface area contributed by atoms with Crippen molar-refractivity contribution in [3.8, 4) is 11.5 Å². The molecule has 0 saturated heterocycles. The second-order valence-electron chi connectivity index (χ2n) is 4.97. The van der Waals surface area contributed by atoms with Crippen LogP contribution in [0.3, 0.4) is 0 Å². The van der Waals surface area contributed by atoms with Gasteiger partial charge in [0.15, 0.2) is 0 Å². The average Bonchev–Trinajstić information content (AvgIpc) is 2.59. The van der Waals surface area contributed by atoms with Gasteiger partial charge in [-0.3, -0.25) is 4.79 Å². The van der Waals surface area contributed by atoms with Gasteiger partial charge in [-0.15, -0.1) is 0 Å². The number of alkyl halides is 3. The van der Waals surface area contributed by atoms with E-state index in [1.165, 1.54) is 32.4 Å². The Balaban J connectivity index is 2.18. The minimum atomic E-state index is -4.49. The Hall–Kier alpha value is -2.96. The number of benzene rings is 2. The van der Waals surface area contributed by atoms with E-state index < -0.39 is 17.6 Å². The summed E-state index contributed by atoms with van der Waals surface area (Å²) in [5.74, 6) is 0.335. The van der Waals surface area contributed by atoms with Crippen molar-refractivity contribution in [1.29, 1.82) is 0 Å². The standard InChI is InChI=1S/C18H16F3NO3/c1-24-13-8-9-15(16(11-13)25-2)22-17(23)10-7-12-5-3-4-6-14(12)18(19,20)21/h3-11H,1-2H3,(H,22,23)/b10-7+. The zero-order chi connectivity index (χ0) is 18.4. The quantitative estimate of drug-likeness (QED) is 0.814. The first-order valence-corrected chi connectivity index (χ1v) is 7.22. The van der Waals surface area contributed by atoms with E-state index in [0.29, 0.717) is 17.2 Å². The summed E-state index contributed by atoms with van der Waals surface area (Å²) in [6, 6.07) is 9.80. The largest absolute Gasteiger partial charge is 0.497 e. The maximum atomic E-state index is 12.9. The lowest BCUT2D eigenvalue weighted by atomic mass is 10.1. The Labute approximate surface area is 142 Å². The van der Waals surface area contributed by atoms with E-state index in [0.717, 1.165) is 18.2 Å². The first kappa shape index (κ1) is 18.4. The topological polar surface area (TPSA) is 47.6 Å². The van der Waals surface area contributed by atoms with Crippen molar-refractivity contribution in [2.75, 3.05) is 19.5 Å². The third-order valence-corrected chi connectivity index (χ3v) is 3.35. The fourth-order valence-electron chi connectivity index (χ4n) is 2.14. The highest BCUT2D eigenvalue weighted by molar-refractivity contribution is 6.02. The number of rotatable bonds is 5. The number of methoxy groups -OCH3 is 2. The molecular formula is C18H16F3NO3. The van der Waals surface area contributed by atoms with Crippen LogP contribution >= 0.6 is 0 Å². The summed E-state index contributed by atoms with van der Waals surface area (Å²) in [6.45, 7) is 0. The lowest BCUT2D eigenvalue weighted by Crippen LogP contribution is -2.10. The van der Waals surface area contributed by atoms with Crippen molar-refractivity contribution in [3.05, 3.63) is 59.7 Å². The predicted octanol–water partition coefficient (Wildman–Crippen LogP) is 4.37. The Morgan fingerprint density at radius 3 is 2.44 bits per heavy atom. The zero-order valence-corrected chi connectivity index (χ0v) is 13.6. The van der Waals surface area contributed by atoms with Crippen LogP contribution in [-0.4, -0.2) is 20.1 Å².